The number of carbonyl (C=O) groups is 1. The van der Waals surface area contributed by atoms with E-state index in [-0.39, 0.29) is 17.1 Å². The Morgan fingerprint density at radius 3 is 2.47 bits per heavy atom. The number of rotatable bonds is 9. The molecule has 1 amide bonds. The van der Waals surface area contributed by atoms with Crippen LogP contribution in [-0.4, -0.2) is 37.7 Å². The third kappa shape index (κ3) is 4.33. The van der Waals surface area contributed by atoms with E-state index in [9.17, 15) is 9.59 Å². The van der Waals surface area contributed by atoms with Crippen molar-refractivity contribution < 1.29 is 23.4 Å². The molecule has 1 aromatic heterocycles. The number of para-hydroxylation sites is 1. The molecule has 36 heavy (non-hydrogen) atoms. The number of hydrogen-bond acceptors (Lipinski definition) is 6. The van der Waals surface area contributed by atoms with Crippen LogP contribution in [0.4, 0.5) is 0 Å². The zero-order valence-corrected chi connectivity index (χ0v) is 20.2. The highest BCUT2D eigenvalue weighted by Crippen LogP contribution is 2.41. The normalized spacial score (nSPS) is 14.8. The second-order valence-corrected chi connectivity index (χ2v) is 8.48. The summed E-state index contributed by atoms with van der Waals surface area (Å²) in [5.41, 5.74) is 2.27. The molecule has 184 valence electrons. The summed E-state index contributed by atoms with van der Waals surface area (Å²) in [5, 5.41) is 0.440. The van der Waals surface area contributed by atoms with Gasteiger partial charge in [-0.3, -0.25) is 9.59 Å². The Bertz CT molecular complexity index is 1450. The van der Waals surface area contributed by atoms with Gasteiger partial charge in [0.2, 0.25) is 5.76 Å². The molecule has 0 spiro atoms. The third-order valence-electron chi connectivity index (χ3n) is 6.23. The zero-order valence-electron chi connectivity index (χ0n) is 20.2. The van der Waals surface area contributed by atoms with Crippen molar-refractivity contribution in [3.8, 4) is 11.5 Å². The first-order valence-corrected chi connectivity index (χ1v) is 11.9. The minimum Gasteiger partial charge on any atom is -0.490 e. The smallest absolute Gasteiger partial charge is 0.290 e. The van der Waals surface area contributed by atoms with Crippen molar-refractivity contribution in [3.05, 3.63) is 105 Å². The highest BCUT2D eigenvalue weighted by molar-refractivity contribution is 5.99. The predicted octanol–water partition coefficient (Wildman–Crippen LogP) is 4.96. The SMILES string of the molecule is CCOc1cc(C2c3c(oc4ccccc4c3=O)C(=O)N2CCOC)ccc1OCc1ccccc1. The summed E-state index contributed by atoms with van der Waals surface area (Å²) in [6.45, 7) is 3.34. The predicted molar refractivity (Wildman–Crippen MR) is 136 cm³/mol. The Morgan fingerprint density at radius 1 is 0.917 bits per heavy atom. The molecule has 7 nitrogen and oxygen atoms in total. The Hall–Kier alpha value is -4.10. The lowest BCUT2D eigenvalue weighted by molar-refractivity contribution is 0.0663. The van der Waals surface area contributed by atoms with E-state index in [1.54, 1.807) is 36.3 Å². The van der Waals surface area contributed by atoms with E-state index in [0.717, 1.165) is 11.1 Å². The van der Waals surface area contributed by atoms with Gasteiger partial charge < -0.3 is 23.5 Å². The number of benzene rings is 3. The molecule has 0 bridgehead atoms. The van der Waals surface area contributed by atoms with Crippen LogP contribution in [0, 0.1) is 0 Å². The van der Waals surface area contributed by atoms with Crippen LogP contribution < -0.4 is 14.9 Å². The molecule has 4 aromatic rings. The third-order valence-corrected chi connectivity index (χ3v) is 6.23. The van der Waals surface area contributed by atoms with Crippen LogP contribution in [0.2, 0.25) is 0 Å². The molecule has 2 heterocycles. The number of carbonyl (C=O) groups excluding carboxylic acids is 1. The van der Waals surface area contributed by atoms with E-state index in [4.69, 9.17) is 18.6 Å². The summed E-state index contributed by atoms with van der Waals surface area (Å²) >= 11 is 0. The van der Waals surface area contributed by atoms with Crippen molar-refractivity contribution in [1.82, 2.24) is 4.90 Å². The molecule has 0 saturated heterocycles. The van der Waals surface area contributed by atoms with Crippen molar-refractivity contribution >= 4 is 16.9 Å². The van der Waals surface area contributed by atoms with E-state index in [1.165, 1.54) is 0 Å². The topological polar surface area (TPSA) is 78.2 Å². The molecular formula is C29H27NO6. The Morgan fingerprint density at radius 2 is 1.69 bits per heavy atom. The second kappa shape index (κ2) is 10.3. The average Bonchev–Trinajstić information content (AvgIpc) is 3.19. The Balaban J connectivity index is 1.58. The van der Waals surface area contributed by atoms with Gasteiger partial charge >= 0.3 is 0 Å². The van der Waals surface area contributed by atoms with Crippen molar-refractivity contribution in [3.63, 3.8) is 0 Å². The van der Waals surface area contributed by atoms with Gasteiger partial charge in [-0.05, 0) is 42.3 Å². The van der Waals surface area contributed by atoms with E-state index in [0.29, 0.717) is 54.4 Å². The molecule has 1 unspecified atom stereocenters. The van der Waals surface area contributed by atoms with Gasteiger partial charge in [0.1, 0.15) is 12.2 Å². The number of methoxy groups -OCH3 is 1. The van der Waals surface area contributed by atoms with E-state index in [2.05, 4.69) is 0 Å². The van der Waals surface area contributed by atoms with Crippen molar-refractivity contribution in [2.24, 2.45) is 0 Å². The lowest BCUT2D eigenvalue weighted by Gasteiger charge is -2.25. The summed E-state index contributed by atoms with van der Waals surface area (Å²) in [6, 6.07) is 21.7. The van der Waals surface area contributed by atoms with Gasteiger partial charge in [-0.2, -0.15) is 0 Å². The molecule has 0 aliphatic carbocycles. The molecule has 0 radical (unpaired) electrons. The molecule has 7 heteroatoms. The van der Waals surface area contributed by atoms with Crippen LogP contribution >= 0.6 is 0 Å². The standard InChI is InChI=1S/C29H27NO6/c1-3-34-24-17-20(13-14-23(24)35-18-19-9-5-4-6-10-19)26-25-27(31)21-11-7-8-12-22(21)36-28(25)29(32)30(26)15-16-33-2/h4-14,17,26H,3,15-16,18H2,1-2H3. The van der Waals surface area contributed by atoms with Gasteiger partial charge in [0, 0.05) is 13.7 Å². The lowest BCUT2D eigenvalue weighted by atomic mass is 9.98. The van der Waals surface area contributed by atoms with Crippen LogP contribution in [-0.2, 0) is 11.3 Å². The van der Waals surface area contributed by atoms with Crippen LogP contribution in [0.1, 0.15) is 40.2 Å². The Labute approximate surface area is 208 Å². The van der Waals surface area contributed by atoms with Crippen molar-refractivity contribution in [2.75, 3.05) is 26.9 Å². The number of amides is 1. The summed E-state index contributed by atoms with van der Waals surface area (Å²) < 4.78 is 23.2. The zero-order chi connectivity index (χ0) is 25.1. The quantitative estimate of drug-likeness (QED) is 0.333. The molecule has 0 fully saturated rings. The van der Waals surface area contributed by atoms with Gasteiger partial charge in [-0.15, -0.1) is 0 Å². The van der Waals surface area contributed by atoms with Crippen molar-refractivity contribution in [2.45, 2.75) is 19.6 Å². The highest BCUT2D eigenvalue weighted by atomic mass is 16.5. The number of fused-ring (bicyclic) bond motifs is 2. The fraction of sp³-hybridized carbons (Fsp3) is 0.241. The molecule has 1 aliphatic rings. The molecule has 5 rings (SSSR count). The first-order valence-electron chi connectivity index (χ1n) is 11.9. The van der Waals surface area contributed by atoms with Crippen LogP contribution in [0.25, 0.3) is 11.0 Å². The van der Waals surface area contributed by atoms with E-state index < -0.39 is 6.04 Å². The maximum Gasteiger partial charge on any atom is 0.290 e. The summed E-state index contributed by atoms with van der Waals surface area (Å²) in [4.78, 5) is 28.6. The second-order valence-electron chi connectivity index (χ2n) is 8.48. The fourth-order valence-electron chi connectivity index (χ4n) is 4.55. The first-order chi connectivity index (χ1) is 17.6. The van der Waals surface area contributed by atoms with Gasteiger partial charge in [0.15, 0.2) is 16.9 Å². The molecular weight excluding hydrogens is 458 g/mol. The molecule has 0 N–H and O–H groups in total. The van der Waals surface area contributed by atoms with Gasteiger partial charge in [0.25, 0.3) is 5.91 Å². The first kappa shape index (κ1) is 23.6. The summed E-state index contributed by atoms with van der Waals surface area (Å²) in [6.07, 6.45) is 0. The number of nitrogens with zero attached hydrogens (tertiary/aromatic N) is 1. The van der Waals surface area contributed by atoms with E-state index >= 15 is 0 Å². The summed E-state index contributed by atoms with van der Waals surface area (Å²) in [5.74, 6) is 0.867. The van der Waals surface area contributed by atoms with Gasteiger partial charge in [-0.1, -0.05) is 48.5 Å². The minimum atomic E-state index is -0.633. The van der Waals surface area contributed by atoms with Crippen LogP contribution in [0.3, 0.4) is 0 Å². The highest BCUT2D eigenvalue weighted by Gasteiger charge is 2.42. The largest absolute Gasteiger partial charge is 0.490 e. The summed E-state index contributed by atoms with van der Waals surface area (Å²) in [7, 11) is 1.58. The van der Waals surface area contributed by atoms with Crippen LogP contribution in [0.5, 0.6) is 11.5 Å². The lowest BCUT2D eigenvalue weighted by Crippen LogP contribution is -2.32. The van der Waals surface area contributed by atoms with Crippen LogP contribution in [0.15, 0.2) is 82.0 Å². The van der Waals surface area contributed by atoms with E-state index in [1.807, 2.05) is 55.5 Å². The maximum atomic E-state index is 13.6. The van der Waals surface area contributed by atoms with Crippen molar-refractivity contribution in [1.29, 1.82) is 0 Å². The maximum absolute atomic E-state index is 13.6. The molecule has 1 aliphatic heterocycles. The van der Waals surface area contributed by atoms with Gasteiger partial charge in [-0.25, -0.2) is 0 Å². The van der Waals surface area contributed by atoms with Gasteiger partial charge in [0.05, 0.1) is 30.2 Å². The Kier molecular flexibility index (Phi) is 6.73. The molecule has 0 saturated carbocycles. The number of hydrogen-bond donors (Lipinski definition) is 0. The minimum absolute atomic E-state index is 0.0715. The fourth-order valence-corrected chi connectivity index (χ4v) is 4.55. The average molecular weight is 486 g/mol. The monoisotopic (exact) mass is 485 g/mol. The molecule has 1 atom stereocenters. The number of ether oxygens (including phenoxy) is 3. The molecule has 3 aromatic carbocycles.